The number of halogens is 2. The molecule has 6 heteroatoms. The van der Waals surface area contributed by atoms with E-state index in [9.17, 15) is 5.11 Å². The third-order valence-electron chi connectivity index (χ3n) is 3.25. The number of methoxy groups -OCH3 is 1. The standard InChI is InChI=1S/C14H16Cl2N2O2/c1-8-9(2)18(7-20-3)14(17-8)13(19)11-5-4-10(15)6-12(11)16/h4-6,13,19H,7H2,1-3H3. The van der Waals surface area contributed by atoms with Gasteiger partial charge in [-0.1, -0.05) is 29.3 Å². The Morgan fingerprint density at radius 3 is 2.65 bits per heavy atom. The van der Waals surface area contributed by atoms with Crippen LogP contribution in [0.3, 0.4) is 0 Å². The largest absolute Gasteiger partial charge is 0.380 e. The van der Waals surface area contributed by atoms with E-state index in [1.54, 1.807) is 25.3 Å². The molecular formula is C14H16Cl2N2O2. The van der Waals surface area contributed by atoms with Crippen LogP contribution in [-0.2, 0) is 11.5 Å². The molecule has 2 aromatic rings. The summed E-state index contributed by atoms with van der Waals surface area (Å²) < 4.78 is 6.98. The Labute approximate surface area is 127 Å². The predicted molar refractivity (Wildman–Crippen MR) is 79.2 cm³/mol. The SMILES string of the molecule is COCn1c(C(O)c2ccc(Cl)cc2Cl)nc(C)c1C. The van der Waals surface area contributed by atoms with Gasteiger partial charge in [-0.3, -0.25) is 0 Å². The second-order valence-electron chi connectivity index (χ2n) is 4.55. The van der Waals surface area contributed by atoms with Gasteiger partial charge >= 0.3 is 0 Å². The predicted octanol–water partition coefficient (Wildman–Crippen LogP) is 3.49. The zero-order valence-corrected chi connectivity index (χ0v) is 13.0. The maximum atomic E-state index is 10.5. The van der Waals surface area contributed by atoms with Crippen molar-refractivity contribution in [1.82, 2.24) is 9.55 Å². The number of ether oxygens (including phenoxy) is 1. The summed E-state index contributed by atoms with van der Waals surface area (Å²) in [6.45, 7) is 4.15. The number of aliphatic hydroxyl groups is 1. The van der Waals surface area contributed by atoms with Gasteiger partial charge in [-0.05, 0) is 26.0 Å². The molecule has 1 atom stereocenters. The fourth-order valence-corrected chi connectivity index (χ4v) is 2.56. The average molecular weight is 315 g/mol. The molecule has 0 aliphatic carbocycles. The number of aliphatic hydroxyl groups excluding tert-OH is 1. The maximum Gasteiger partial charge on any atom is 0.144 e. The smallest absolute Gasteiger partial charge is 0.144 e. The van der Waals surface area contributed by atoms with E-state index < -0.39 is 6.10 Å². The molecule has 1 heterocycles. The van der Waals surface area contributed by atoms with Gasteiger partial charge in [0.1, 0.15) is 18.7 Å². The second-order valence-corrected chi connectivity index (χ2v) is 5.40. The Morgan fingerprint density at radius 1 is 1.35 bits per heavy atom. The second kappa shape index (κ2) is 6.14. The van der Waals surface area contributed by atoms with E-state index in [1.165, 1.54) is 0 Å². The molecule has 0 radical (unpaired) electrons. The van der Waals surface area contributed by atoms with Crippen molar-refractivity contribution in [2.75, 3.05) is 7.11 Å². The molecule has 0 amide bonds. The molecule has 108 valence electrons. The van der Waals surface area contributed by atoms with Gasteiger partial charge in [-0.25, -0.2) is 4.98 Å². The van der Waals surface area contributed by atoms with Crippen LogP contribution >= 0.6 is 23.2 Å². The molecule has 1 unspecified atom stereocenters. The molecule has 1 N–H and O–H groups in total. The highest BCUT2D eigenvalue weighted by Crippen LogP contribution is 2.30. The van der Waals surface area contributed by atoms with Crippen molar-refractivity contribution >= 4 is 23.2 Å². The Morgan fingerprint density at radius 2 is 2.05 bits per heavy atom. The van der Waals surface area contributed by atoms with Crippen LogP contribution < -0.4 is 0 Å². The number of nitrogens with zero attached hydrogens (tertiary/aromatic N) is 2. The average Bonchev–Trinajstić information content (AvgIpc) is 2.67. The van der Waals surface area contributed by atoms with E-state index in [0.717, 1.165) is 11.4 Å². The van der Waals surface area contributed by atoms with E-state index in [1.807, 2.05) is 18.4 Å². The molecule has 0 aliphatic rings. The van der Waals surface area contributed by atoms with Crippen molar-refractivity contribution in [3.63, 3.8) is 0 Å². The summed E-state index contributed by atoms with van der Waals surface area (Å²) in [6.07, 6.45) is -0.928. The van der Waals surface area contributed by atoms with Gasteiger partial charge in [-0.15, -0.1) is 0 Å². The van der Waals surface area contributed by atoms with Crippen molar-refractivity contribution in [3.05, 3.63) is 51.0 Å². The number of aryl methyl sites for hydroxylation is 1. The Kier molecular flexibility index (Phi) is 4.70. The van der Waals surface area contributed by atoms with E-state index in [-0.39, 0.29) is 0 Å². The van der Waals surface area contributed by atoms with Gasteiger partial charge in [0.05, 0.1) is 5.69 Å². The molecule has 0 aliphatic heterocycles. The molecule has 0 spiro atoms. The lowest BCUT2D eigenvalue weighted by Crippen LogP contribution is -2.12. The van der Waals surface area contributed by atoms with Gasteiger partial charge in [0.25, 0.3) is 0 Å². The van der Waals surface area contributed by atoms with Crippen LogP contribution in [0.15, 0.2) is 18.2 Å². The van der Waals surface area contributed by atoms with Gasteiger partial charge in [0.15, 0.2) is 0 Å². The summed E-state index contributed by atoms with van der Waals surface area (Å²) in [5, 5.41) is 11.5. The maximum absolute atomic E-state index is 10.5. The normalized spacial score (nSPS) is 12.7. The van der Waals surface area contributed by atoms with E-state index in [0.29, 0.717) is 28.2 Å². The van der Waals surface area contributed by atoms with Crippen molar-refractivity contribution in [3.8, 4) is 0 Å². The molecule has 0 saturated carbocycles. The fraction of sp³-hybridized carbons (Fsp3) is 0.357. The molecule has 4 nitrogen and oxygen atoms in total. The molecule has 2 rings (SSSR count). The minimum Gasteiger partial charge on any atom is -0.380 e. The number of imidazole rings is 1. The van der Waals surface area contributed by atoms with Crippen LogP contribution in [0.1, 0.15) is 28.9 Å². The number of rotatable bonds is 4. The van der Waals surface area contributed by atoms with Crippen LogP contribution in [0.25, 0.3) is 0 Å². The minimum absolute atomic E-state index is 0.324. The number of hydrogen-bond acceptors (Lipinski definition) is 3. The summed E-state index contributed by atoms with van der Waals surface area (Å²) in [7, 11) is 1.60. The topological polar surface area (TPSA) is 47.3 Å². The summed E-state index contributed by atoms with van der Waals surface area (Å²) >= 11 is 12.0. The molecule has 0 fully saturated rings. The lowest BCUT2D eigenvalue weighted by atomic mass is 10.1. The lowest BCUT2D eigenvalue weighted by molar-refractivity contribution is 0.115. The molecule has 0 saturated heterocycles. The third-order valence-corrected chi connectivity index (χ3v) is 3.81. The Hall–Kier alpha value is -1.07. The number of aromatic nitrogens is 2. The highest BCUT2D eigenvalue weighted by atomic mass is 35.5. The number of hydrogen-bond donors (Lipinski definition) is 1. The molecule has 1 aromatic carbocycles. The zero-order valence-electron chi connectivity index (χ0n) is 11.5. The fourth-order valence-electron chi connectivity index (χ4n) is 2.04. The van der Waals surface area contributed by atoms with Crippen molar-refractivity contribution in [2.45, 2.75) is 26.7 Å². The first-order valence-electron chi connectivity index (χ1n) is 6.11. The zero-order chi connectivity index (χ0) is 14.9. The molecule has 1 aromatic heterocycles. The van der Waals surface area contributed by atoms with E-state index >= 15 is 0 Å². The first-order chi connectivity index (χ1) is 9.45. The number of benzene rings is 1. The molecule has 20 heavy (non-hydrogen) atoms. The summed E-state index contributed by atoms with van der Waals surface area (Å²) in [6, 6.07) is 4.99. The van der Waals surface area contributed by atoms with Gasteiger partial charge in [-0.2, -0.15) is 0 Å². The van der Waals surface area contributed by atoms with Crippen molar-refractivity contribution in [1.29, 1.82) is 0 Å². The molecular weight excluding hydrogens is 299 g/mol. The van der Waals surface area contributed by atoms with Crippen LogP contribution in [0, 0.1) is 13.8 Å². The quantitative estimate of drug-likeness (QED) is 0.939. The van der Waals surface area contributed by atoms with E-state index in [2.05, 4.69) is 4.98 Å². The third kappa shape index (κ3) is 2.83. The summed E-state index contributed by atoms with van der Waals surface area (Å²) in [4.78, 5) is 4.41. The Bertz CT molecular complexity index is 626. The van der Waals surface area contributed by atoms with Gasteiger partial charge in [0.2, 0.25) is 0 Å². The molecule has 0 bridgehead atoms. The van der Waals surface area contributed by atoms with Crippen LogP contribution in [0.5, 0.6) is 0 Å². The van der Waals surface area contributed by atoms with E-state index in [4.69, 9.17) is 27.9 Å². The highest BCUT2D eigenvalue weighted by Gasteiger charge is 2.22. The lowest BCUT2D eigenvalue weighted by Gasteiger charge is -2.15. The van der Waals surface area contributed by atoms with Crippen molar-refractivity contribution < 1.29 is 9.84 Å². The summed E-state index contributed by atoms with van der Waals surface area (Å²) in [5.41, 5.74) is 2.37. The van der Waals surface area contributed by atoms with Crippen LogP contribution in [0.2, 0.25) is 10.0 Å². The summed E-state index contributed by atoms with van der Waals surface area (Å²) in [5.74, 6) is 0.506. The first kappa shape index (κ1) is 15.3. The van der Waals surface area contributed by atoms with Crippen LogP contribution in [-0.4, -0.2) is 21.8 Å². The highest BCUT2D eigenvalue weighted by molar-refractivity contribution is 6.35. The first-order valence-corrected chi connectivity index (χ1v) is 6.87. The van der Waals surface area contributed by atoms with Gasteiger partial charge in [0, 0.05) is 28.4 Å². The Balaban J connectivity index is 2.47. The monoisotopic (exact) mass is 314 g/mol. The van der Waals surface area contributed by atoms with Gasteiger partial charge < -0.3 is 14.4 Å². The van der Waals surface area contributed by atoms with Crippen LogP contribution in [0.4, 0.5) is 0 Å². The van der Waals surface area contributed by atoms with Crippen molar-refractivity contribution in [2.24, 2.45) is 0 Å². The minimum atomic E-state index is -0.928.